The van der Waals surface area contributed by atoms with E-state index in [9.17, 15) is 0 Å². The SMILES string of the molecule is CCCNC(CC)c1ccc(SCCCOC)cn1. The molecule has 0 amide bonds. The molecule has 0 aromatic carbocycles. The lowest BCUT2D eigenvalue weighted by Gasteiger charge is -2.16. The second kappa shape index (κ2) is 10.2. The molecule has 19 heavy (non-hydrogen) atoms. The van der Waals surface area contributed by atoms with Crippen LogP contribution in [0.1, 0.15) is 44.8 Å². The molecule has 0 saturated carbocycles. The lowest BCUT2D eigenvalue weighted by atomic mass is 10.1. The molecular weight excluding hydrogens is 256 g/mol. The Balaban J connectivity index is 2.45. The normalized spacial score (nSPS) is 12.6. The highest BCUT2D eigenvalue weighted by Crippen LogP contribution is 2.20. The van der Waals surface area contributed by atoms with Crippen molar-refractivity contribution < 1.29 is 4.74 Å². The first-order valence-corrected chi connectivity index (χ1v) is 8.11. The van der Waals surface area contributed by atoms with Crippen LogP contribution in [0.2, 0.25) is 0 Å². The molecule has 0 aliphatic carbocycles. The molecule has 1 N–H and O–H groups in total. The fourth-order valence-corrected chi connectivity index (χ4v) is 2.64. The van der Waals surface area contributed by atoms with Crippen LogP contribution < -0.4 is 5.32 Å². The number of methoxy groups -OCH3 is 1. The Morgan fingerprint density at radius 3 is 2.79 bits per heavy atom. The van der Waals surface area contributed by atoms with E-state index in [1.54, 1.807) is 7.11 Å². The van der Waals surface area contributed by atoms with E-state index in [2.05, 4.69) is 36.3 Å². The Hall–Kier alpha value is -0.580. The maximum atomic E-state index is 5.05. The van der Waals surface area contributed by atoms with Crippen LogP contribution in [0, 0.1) is 0 Å². The summed E-state index contributed by atoms with van der Waals surface area (Å²) in [6.45, 7) is 6.26. The molecule has 1 heterocycles. The molecule has 0 fully saturated rings. The molecule has 0 aliphatic heterocycles. The number of nitrogens with zero attached hydrogens (tertiary/aromatic N) is 1. The van der Waals surface area contributed by atoms with Crippen LogP contribution in [0.3, 0.4) is 0 Å². The van der Waals surface area contributed by atoms with Crippen LogP contribution in [0.4, 0.5) is 0 Å². The minimum atomic E-state index is 0.382. The summed E-state index contributed by atoms with van der Waals surface area (Å²) in [7, 11) is 1.75. The highest BCUT2D eigenvalue weighted by atomic mass is 32.2. The fourth-order valence-electron chi connectivity index (χ4n) is 1.85. The molecule has 1 aromatic heterocycles. The van der Waals surface area contributed by atoms with E-state index in [1.807, 2.05) is 18.0 Å². The molecule has 0 bridgehead atoms. The van der Waals surface area contributed by atoms with Gasteiger partial charge in [0.2, 0.25) is 0 Å². The van der Waals surface area contributed by atoms with E-state index in [-0.39, 0.29) is 0 Å². The lowest BCUT2D eigenvalue weighted by Crippen LogP contribution is -2.22. The van der Waals surface area contributed by atoms with Crippen molar-refractivity contribution in [3.05, 3.63) is 24.0 Å². The zero-order valence-electron chi connectivity index (χ0n) is 12.3. The Labute approximate surface area is 121 Å². The second-order valence-corrected chi connectivity index (χ2v) is 5.70. The molecule has 0 radical (unpaired) electrons. The first-order valence-electron chi connectivity index (χ1n) is 7.12. The summed E-state index contributed by atoms with van der Waals surface area (Å²) in [5.74, 6) is 1.08. The minimum absolute atomic E-state index is 0.382. The highest BCUT2D eigenvalue weighted by Gasteiger charge is 2.09. The van der Waals surface area contributed by atoms with Gasteiger partial charge in [-0.25, -0.2) is 0 Å². The molecule has 1 atom stereocenters. The van der Waals surface area contributed by atoms with Gasteiger partial charge < -0.3 is 10.1 Å². The predicted octanol–water partition coefficient (Wildman–Crippen LogP) is 3.66. The van der Waals surface area contributed by atoms with Gasteiger partial charge in [0.25, 0.3) is 0 Å². The minimum Gasteiger partial charge on any atom is -0.385 e. The van der Waals surface area contributed by atoms with Crippen molar-refractivity contribution in [2.45, 2.75) is 44.0 Å². The summed E-state index contributed by atoms with van der Waals surface area (Å²) in [5.41, 5.74) is 1.15. The van der Waals surface area contributed by atoms with Crippen LogP contribution in [0.15, 0.2) is 23.2 Å². The molecular formula is C15H26N2OS. The number of thioether (sulfide) groups is 1. The predicted molar refractivity (Wildman–Crippen MR) is 82.8 cm³/mol. The number of aromatic nitrogens is 1. The second-order valence-electron chi connectivity index (χ2n) is 4.53. The molecule has 0 aliphatic rings. The summed E-state index contributed by atoms with van der Waals surface area (Å²) in [4.78, 5) is 5.83. The molecule has 1 unspecified atom stereocenters. The van der Waals surface area contributed by atoms with Gasteiger partial charge in [0, 0.05) is 36.6 Å². The van der Waals surface area contributed by atoms with Gasteiger partial charge in [-0.2, -0.15) is 0 Å². The molecule has 0 saturated heterocycles. The number of hydrogen-bond donors (Lipinski definition) is 1. The van der Waals surface area contributed by atoms with Crippen LogP contribution >= 0.6 is 11.8 Å². The summed E-state index contributed by atoms with van der Waals surface area (Å²) in [6.07, 6.45) is 5.30. The van der Waals surface area contributed by atoms with E-state index < -0.39 is 0 Å². The van der Waals surface area contributed by atoms with E-state index in [1.165, 1.54) is 4.90 Å². The van der Waals surface area contributed by atoms with Crippen molar-refractivity contribution in [2.24, 2.45) is 0 Å². The standard InChI is InChI=1S/C15H26N2OS/c1-4-9-16-14(5-2)15-8-7-13(12-17-15)19-11-6-10-18-3/h7-8,12,14,16H,4-6,9-11H2,1-3H3. The maximum Gasteiger partial charge on any atom is 0.0573 e. The van der Waals surface area contributed by atoms with Crippen molar-refractivity contribution in [1.29, 1.82) is 0 Å². The van der Waals surface area contributed by atoms with Gasteiger partial charge in [-0.15, -0.1) is 11.8 Å². The van der Waals surface area contributed by atoms with Gasteiger partial charge in [0.05, 0.1) is 5.69 Å². The number of nitrogens with one attached hydrogen (secondary N) is 1. The van der Waals surface area contributed by atoms with Crippen LogP contribution in [0.25, 0.3) is 0 Å². The molecule has 1 rings (SSSR count). The molecule has 108 valence electrons. The smallest absolute Gasteiger partial charge is 0.0573 e. The zero-order valence-corrected chi connectivity index (χ0v) is 13.1. The topological polar surface area (TPSA) is 34.1 Å². The molecule has 4 heteroatoms. The van der Waals surface area contributed by atoms with Gasteiger partial charge in [0.1, 0.15) is 0 Å². The molecule has 1 aromatic rings. The first kappa shape index (κ1) is 16.5. The van der Waals surface area contributed by atoms with E-state index >= 15 is 0 Å². The number of rotatable bonds is 10. The van der Waals surface area contributed by atoms with Crippen LogP contribution in [0.5, 0.6) is 0 Å². The third-order valence-electron chi connectivity index (χ3n) is 2.93. The van der Waals surface area contributed by atoms with Crippen LogP contribution in [-0.4, -0.2) is 31.0 Å². The largest absolute Gasteiger partial charge is 0.385 e. The Kier molecular flexibility index (Phi) is 8.88. The van der Waals surface area contributed by atoms with Gasteiger partial charge in [-0.05, 0) is 37.9 Å². The van der Waals surface area contributed by atoms with E-state index in [0.717, 1.165) is 43.9 Å². The lowest BCUT2D eigenvalue weighted by molar-refractivity contribution is 0.200. The average Bonchev–Trinajstić information content (AvgIpc) is 2.46. The molecule has 0 spiro atoms. The van der Waals surface area contributed by atoms with Crippen molar-refractivity contribution in [2.75, 3.05) is 26.0 Å². The first-order chi connectivity index (χ1) is 9.31. The summed E-state index contributed by atoms with van der Waals surface area (Å²) in [6, 6.07) is 4.71. The van der Waals surface area contributed by atoms with Crippen molar-refractivity contribution in [3.8, 4) is 0 Å². The van der Waals surface area contributed by atoms with Crippen molar-refractivity contribution in [1.82, 2.24) is 10.3 Å². The Morgan fingerprint density at radius 2 is 2.21 bits per heavy atom. The summed E-state index contributed by atoms with van der Waals surface area (Å²) < 4.78 is 5.05. The van der Waals surface area contributed by atoms with Gasteiger partial charge in [0.15, 0.2) is 0 Å². The van der Waals surface area contributed by atoms with Crippen LogP contribution in [-0.2, 0) is 4.74 Å². The third kappa shape index (κ3) is 6.41. The van der Waals surface area contributed by atoms with Gasteiger partial charge in [-0.1, -0.05) is 13.8 Å². The van der Waals surface area contributed by atoms with Gasteiger partial charge in [-0.3, -0.25) is 4.98 Å². The summed E-state index contributed by atoms with van der Waals surface area (Å²) >= 11 is 1.84. The third-order valence-corrected chi connectivity index (χ3v) is 3.99. The fraction of sp³-hybridized carbons (Fsp3) is 0.667. The Morgan fingerprint density at radius 1 is 1.37 bits per heavy atom. The number of hydrogen-bond acceptors (Lipinski definition) is 4. The highest BCUT2D eigenvalue weighted by molar-refractivity contribution is 7.99. The summed E-state index contributed by atoms with van der Waals surface area (Å²) in [5, 5.41) is 3.53. The average molecular weight is 282 g/mol. The van der Waals surface area contributed by atoms with Gasteiger partial charge >= 0.3 is 0 Å². The zero-order chi connectivity index (χ0) is 13.9. The van der Waals surface area contributed by atoms with E-state index in [4.69, 9.17) is 4.74 Å². The van der Waals surface area contributed by atoms with E-state index in [0.29, 0.717) is 6.04 Å². The monoisotopic (exact) mass is 282 g/mol. The maximum absolute atomic E-state index is 5.05. The van der Waals surface area contributed by atoms with Crippen molar-refractivity contribution >= 4 is 11.8 Å². The van der Waals surface area contributed by atoms with Crippen molar-refractivity contribution in [3.63, 3.8) is 0 Å². The number of pyridine rings is 1. The quantitative estimate of drug-likeness (QED) is 0.524. The molecule has 3 nitrogen and oxygen atoms in total. The Bertz CT molecular complexity index is 329. The number of ether oxygens (including phenoxy) is 1.